The predicted molar refractivity (Wildman–Crippen MR) is 97.3 cm³/mol. The van der Waals surface area contributed by atoms with Gasteiger partial charge in [-0.05, 0) is 37.1 Å². The second kappa shape index (κ2) is 7.82. The molecule has 6 heteroatoms. The molecule has 0 bridgehead atoms. The van der Waals surface area contributed by atoms with Crippen LogP contribution in [-0.2, 0) is 16.1 Å². The third-order valence-electron chi connectivity index (χ3n) is 3.98. The van der Waals surface area contributed by atoms with Crippen molar-refractivity contribution in [1.29, 1.82) is 0 Å². The molecule has 134 valence electrons. The van der Waals surface area contributed by atoms with Crippen molar-refractivity contribution in [2.45, 2.75) is 26.9 Å². The highest BCUT2D eigenvalue weighted by molar-refractivity contribution is 5.69. The van der Waals surface area contributed by atoms with Crippen molar-refractivity contribution in [3.8, 4) is 5.75 Å². The molecule has 0 N–H and O–H groups in total. The Bertz CT molecular complexity index is 995. The molecule has 2 aromatic heterocycles. The number of benzene rings is 1. The fourth-order valence-corrected chi connectivity index (χ4v) is 2.57. The van der Waals surface area contributed by atoms with Crippen LogP contribution >= 0.6 is 0 Å². The lowest BCUT2D eigenvalue weighted by molar-refractivity contribution is -0.145. The van der Waals surface area contributed by atoms with Crippen LogP contribution in [0.3, 0.4) is 0 Å². The first kappa shape index (κ1) is 17.7. The molecule has 0 unspecified atom stereocenters. The van der Waals surface area contributed by atoms with Crippen LogP contribution in [0.15, 0.2) is 53.5 Å². The van der Waals surface area contributed by atoms with Gasteiger partial charge in [0, 0.05) is 12.3 Å². The van der Waals surface area contributed by atoms with Crippen LogP contribution in [-0.4, -0.2) is 22.0 Å². The van der Waals surface area contributed by atoms with Gasteiger partial charge in [0.1, 0.15) is 18.0 Å². The SMILES string of the molecule is Cc1ccccc1OCCC(=O)OCc1cc(=O)n2cccc(C)c2n1. The highest BCUT2D eigenvalue weighted by Gasteiger charge is 2.08. The van der Waals surface area contributed by atoms with E-state index >= 15 is 0 Å². The molecule has 0 saturated carbocycles. The second-order valence-electron chi connectivity index (χ2n) is 6.00. The van der Waals surface area contributed by atoms with Crippen LogP contribution in [0.5, 0.6) is 5.75 Å². The monoisotopic (exact) mass is 352 g/mol. The van der Waals surface area contributed by atoms with Gasteiger partial charge in [0.15, 0.2) is 0 Å². The van der Waals surface area contributed by atoms with Crippen LogP contribution in [0.1, 0.15) is 23.2 Å². The summed E-state index contributed by atoms with van der Waals surface area (Å²) >= 11 is 0. The van der Waals surface area contributed by atoms with E-state index in [2.05, 4.69) is 4.98 Å². The third kappa shape index (κ3) is 4.08. The van der Waals surface area contributed by atoms with Crippen molar-refractivity contribution in [3.63, 3.8) is 0 Å². The van der Waals surface area contributed by atoms with E-state index in [1.165, 1.54) is 10.5 Å². The number of ether oxygens (including phenoxy) is 2. The molecule has 0 radical (unpaired) electrons. The molecule has 0 fully saturated rings. The Morgan fingerprint density at radius 2 is 1.88 bits per heavy atom. The molecule has 26 heavy (non-hydrogen) atoms. The Labute approximate surface area is 151 Å². The highest BCUT2D eigenvalue weighted by Crippen LogP contribution is 2.16. The Hall–Kier alpha value is -3.15. The zero-order chi connectivity index (χ0) is 18.5. The average Bonchev–Trinajstić information content (AvgIpc) is 2.62. The summed E-state index contributed by atoms with van der Waals surface area (Å²) in [5.74, 6) is 0.352. The Morgan fingerprint density at radius 1 is 1.12 bits per heavy atom. The number of para-hydroxylation sites is 1. The number of aromatic nitrogens is 2. The molecule has 0 spiro atoms. The first-order chi connectivity index (χ1) is 12.5. The van der Waals surface area contributed by atoms with E-state index in [1.807, 2.05) is 44.2 Å². The maximum Gasteiger partial charge on any atom is 0.309 e. The second-order valence-corrected chi connectivity index (χ2v) is 6.00. The van der Waals surface area contributed by atoms with Crippen molar-refractivity contribution in [3.05, 3.63) is 75.8 Å². The van der Waals surface area contributed by atoms with Gasteiger partial charge in [-0.25, -0.2) is 4.98 Å². The number of pyridine rings is 1. The summed E-state index contributed by atoms with van der Waals surface area (Å²) in [6.07, 6.45) is 1.79. The molecule has 6 nitrogen and oxygen atoms in total. The zero-order valence-corrected chi connectivity index (χ0v) is 14.8. The number of fused-ring (bicyclic) bond motifs is 1. The van der Waals surface area contributed by atoms with E-state index in [9.17, 15) is 9.59 Å². The van der Waals surface area contributed by atoms with Gasteiger partial charge in [0.2, 0.25) is 0 Å². The lowest BCUT2D eigenvalue weighted by Gasteiger charge is -2.09. The van der Waals surface area contributed by atoms with Crippen molar-refractivity contribution >= 4 is 11.6 Å². The van der Waals surface area contributed by atoms with Crippen LogP contribution in [0.25, 0.3) is 5.65 Å². The Kier molecular flexibility index (Phi) is 5.31. The van der Waals surface area contributed by atoms with Gasteiger partial charge in [0.05, 0.1) is 18.7 Å². The molecular weight excluding hydrogens is 332 g/mol. The zero-order valence-electron chi connectivity index (χ0n) is 14.8. The maximum atomic E-state index is 12.1. The lowest BCUT2D eigenvalue weighted by Crippen LogP contribution is -2.17. The average molecular weight is 352 g/mol. The van der Waals surface area contributed by atoms with Crippen molar-refractivity contribution < 1.29 is 14.3 Å². The number of esters is 1. The first-order valence-electron chi connectivity index (χ1n) is 8.36. The number of hydrogen-bond donors (Lipinski definition) is 0. The number of nitrogens with zero attached hydrogens (tertiary/aromatic N) is 2. The normalized spacial score (nSPS) is 10.7. The molecule has 0 amide bonds. The predicted octanol–water partition coefficient (Wildman–Crippen LogP) is 2.82. The fourth-order valence-electron chi connectivity index (χ4n) is 2.57. The Morgan fingerprint density at radius 3 is 2.69 bits per heavy atom. The van der Waals surface area contributed by atoms with Crippen LogP contribution in [0.4, 0.5) is 0 Å². The van der Waals surface area contributed by atoms with E-state index in [0.29, 0.717) is 11.3 Å². The molecule has 0 aliphatic rings. The molecule has 0 atom stereocenters. The maximum absolute atomic E-state index is 12.1. The quantitative estimate of drug-likeness (QED) is 0.638. The standard InChI is InChI=1S/C20H20N2O4/c1-14-6-3-4-8-17(14)25-11-9-19(24)26-13-16-12-18(23)22-10-5-7-15(2)20(22)21-16/h3-8,10,12H,9,11,13H2,1-2H3. The minimum Gasteiger partial charge on any atom is -0.493 e. The summed E-state index contributed by atoms with van der Waals surface area (Å²) in [6, 6.07) is 12.7. The molecular formula is C20H20N2O4. The van der Waals surface area contributed by atoms with Crippen LogP contribution < -0.4 is 10.3 Å². The molecule has 0 saturated heterocycles. The van der Waals surface area contributed by atoms with Gasteiger partial charge in [-0.15, -0.1) is 0 Å². The lowest BCUT2D eigenvalue weighted by atomic mass is 10.2. The summed E-state index contributed by atoms with van der Waals surface area (Å²) in [6.45, 7) is 4.01. The van der Waals surface area contributed by atoms with E-state index in [0.717, 1.165) is 16.9 Å². The van der Waals surface area contributed by atoms with Crippen LogP contribution in [0.2, 0.25) is 0 Å². The summed E-state index contributed by atoms with van der Waals surface area (Å²) in [7, 11) is 0. The molecule has 0 aliphatic heterocycles. The van der Waals surface area contributed by atoms with E-state index in [4.69, 9.17) is 9.47 Å². The number of rotatable bonds is 6. The van der Waals surface area contributed by atoms with Gasteiger partial charge >= 0.3 is 5.97 Å². The van der Waals surface area contributed by atoms with Gasteiger partial charge in [-0.2, -0.15) is 0 Å². The number of aryl methyl sites for hydroxylation is 2. The van der Waals surface area contributed by atoms with Gasteiger partial charge in [-0.3, -0.25) is 14.0 Å². The largest absolute Gasteiger partial charge is 0.493 e. The molecule has 1 aromatic carbocycles. The van der Waals surface area contributed by atoms with Gasteiger partial charge in [0.25, 0.3) is 5.56 Å². The smallest absolute Gasteiger partial charge is 0.309 e. The van der Waals surface area contributed by atoms with Gasteiger partial charge < -0.3 is 9.47 Å². The summed E-state index contributed by atoms with van der Waals surface area (Å²) in [5, 5.41) is 0. The summed E-state index contributed by atoms with van der Waals surface area (Å²) < 4.78 is 12.3. The van der Waals surface area contributed by atoms with E-state index in [-0.39, 0.29) is 25.2 Å². The Balaban J connectivity index is 1.56. The number of carbonyl (C=O) groups excluding carboxylic acids is 1. The molecule has 3 aromatic rings. The number of hydrogen-bond acceptors (Lipinski definition) is 5. The van der Waals surface area contributed by atoms with Crippen molar-refractivity contribution in [1.82, 2.24) is 9.38 Å². The highest BCUT2D eigenvalue weighted by atomic mass is 16.5. The van der Waals surface area contributed by atoms with Crippen molar-refractivity contribution in [2.24, 2.45) is 0 Å². The molecule has 0 aliphatic carbocycles. The van der Waals surface area contributed by atoms with E-state index in [1.54, 1.807) is 12.3 Å². The topological polar surface area (TPSA) is 69.9 Å². The summed E-state index contributed by atoms with van der Waals surface area (Å²) in [4.78, 5) is 28.4. The summed E-state index contributed by atoms with van der Waals surface area (Å²) in [5.41, 5.74) is 2.68. The molecule has 3 rings (SSSR count). The van der Waals surface area contributed by atoms with E-state index < -0.39 is 5.97 Å². The minimum absolute atomic E-state index is 0.0384. The molecule has 2 heterocycles. The number of carbonyl (C=O) groups is 1. The van der Waals surface area contributed by atoms with Crippen LogP contribution in [0, 0.1) is 13.8 Å². The van der Waals surface area contributed by atoms with Crippen molar-refractivity contribution in [2.75, 3.05) is 6.61 Å². The minimum atomic E-state index is -0.398. The first-order valence-corrected chi connectivity index (χ1v) is 8.36. The van der Waals surface area contributed by atoms with Gasteiger partial charge in [-0.1, -0.05) is 24.3 Å². The third-order valence-corrected chi connectivity index (χ3v) is 3.98. The fraction of sp³-hybridized carbons (Fsp3) is 0.250.